The highest BCUT2D eigenvalue weighted by Gasteiger charge is 2.11. The average molecular weight is 229 g/mol. The van der Waals surface area contributed by atoms with Crippen LogP contribution in [0.2, 0.25) is 0 Å². The number of nitrogens with zero attached hydrogens (tertiary/aromatic N) is 4. The Hall–Kier alpha value is -2.21. The van der Waals surface area contributed by atoms with Crippen molar-refractivity contribution >= 4 is 5.52 Å². The van der Waals surface area contributed by atoms with Crippen molar-refractivity contribution in [2.75, 3.05) is 7.05 Å². The molecule has 0 spiro atoms. The molecule has 3 aromatic rings. The summed E-state index contributed by atoms with van der Waals surface area (Å²) in [6.07, 6.45) is 8.69. The fraction of sp³-hybridized carbons (Fsp3) is 0.182. The van der Waals surface area contributed by atoms with Crippen LogP contribution in [0.5, 0.6) is 0 Å². The first-order chi connectivity index (χ1) is 8.38. The fourth-order valence-electron chi connectivity index (χ4n) is 1.69. The van der Waals surface area contributed by atoms with Gasteiger partial charge in [-0.15, -0.1) is 0 Å². The minimum atomic E-state index is 0.609. The summed E-state index contributed by atoms with van der Waals surface area (Å²) in [7, 11) is 1.85. The van der Waals surface area contributed by atoms with E-state index in [1.165, 1.54) is 0 Å². The molecule has 6 nitrogen and oxygen atoms in total. The van der Waals surface area contributed by atoms with Gasteiger partial charge in [0.1, 0.15) is 0 Å². The van der Waals surface area contributed by atoms with E-state index < -0.39 is 0 Å². The van der Waals surface area contributed by atoms with E-state index in [0.29, 0.717) is 18.2 Å². The second kappa shape index (κ2) is 3.99. The molecule has 0 saturated heterocycles. The Morgan fingerprint density at radius 3 is 3.18 bits per heavy atom. The number of fused-ring (bicyclic) bond motifs is 1. The van der Waals surface area contributed by atoms with Gasteiger partial charge in [-0.25, -0.2) is 9.50 Å². The fourth-order valence-corrected chi connectivity index (χ4v) is 1.69. The van der Waals surface area contributed by atoms with Crippen LogP contribution in [0.25, 0.3) is 16.8 Å². The normalized spacial score (nSPS) is 11.1. The molecule has 86 valence electrons. The number of rotatable bonds is 3. The SMILES string of the molecule is CNCc1ncc(-c2cnn3ccncc23)o1. The molecule has 0 fully saturated rings. The van der Waals surface area contributed by atoms with Crippen LogP contribution in [0.4, 0.5) is 0 Å². The quantitative estimate of drug-likeness (QED) is 0.728. The number of nitrogens with one attached hydrogen (secondary N) is 1. The zero-order valence-electron chi connectivity index (χ0n) is 9.29. The minimum Gasteiger partial charge on any atom is -0.439 e. The van der Waals surface area contributed by atoms with Gasteiger partial charge in [-0.1, -0.05) is 0 Å². The third-order valence-electron chi connectivity index (χ3n) is 2.47. The lowest BCUT2D eigenvalue weighted by molar-refractivity contribution is 0.491. The van der Waals surface area contributed by atoms with E-state index in [2.05, 4.69) is 20.4 Å². The Morgan fingerprint density at radius 2 is 2.29 bits per heavy atom. The highest BCUT2D eigenvalue weighted by molar-refractivity contribution is 5.75. The van der Waals surface area contributed by atoms with Crippen molar-refractivity contribution < 1.29 is 4.42 Å². The van der Waals surface area contributed by atoms with Gasteiger partial charge < -0.3 is 9.73 Å². The van der Waals surface area contributed by atoms with Crippen molar-refractivity contribution in [2.45, 2.75) is 6.54 Å². The van der Waals surface area contributed by atoms with Crippen molar-refractivity contribution in [2.24, 2.45) is 0 Å². The monoisotopic (exact) mass is 229 g/mol. The summed E-state index contributed by atoms with van der Waals surface area (Å²) in [6, 6.07) is 0. The Kier molecular flexibility index (Phi) is 2.34. The topological polar surface area (TPSA) is 68.2 Å². The molecule has 0 atom stereocenters. The van der Waals surface area contributed by atoms with Gasteiger partial charge in [0.25, 0.3) is 0 Å². The van der Waals surface area contributed by atoms with Crippen LogP contribution in [-0.4, -0.2) is 26.6 Å². The van der Waals surface area contributed by atoms with Crippen LogP contribution in [-0.2, 0) is 6.54 Å². The lowest BCUT2D eigenvalue weighted by Crippen LogP contribution is -2.04. The molecule has 0 radical (unpaired) electrons. The van der Waals surface area contributed by atoms with Gasteiger partial charge in [0.05, 0.1) is 36.2 Å². The van der Waals surface area contributed by atoms with Crippen LogP contribution in [0, 0.1) is 0 Å². The molecule has 0 aliphatic carbocycles. The van der Waals surface area contributed by atoms with Crippen molar-refractivity contribution in [3.63, 3.8) is 0 Å². The first kappa shape index (κ1) is 9.98. The highest BCUT2D eigenvalue weighted by Crippen LogP contribution is 2.24. The van der Waals surface area contributed by atoms with Gasteiger partial charge in [-0.3, -0.25) is 4.98 Å². The Bertz CT molecular complexity index is 642. The molecule has 0 unspecified atom stereocenters. The van der Waals surface area contributed by atoms with Crippen LogP contribution < -0.4 is 5.32 Å². The van der Waals surface area contributed by atoms with Gasteiger partial charge >= 0.3 is 0 Å². The van der Waals surface area contributed by atoms with E-state index in [1.807, 2.05) is 7.05 Å². The van der Waals surface area contributed by atoms with Gasteiger partial charge in [0, 0.05) is 12.4 Å². The van der Waals surface area contributed by atoms with Crippen LogP contribution >= 0.6 is 0 Å². The number of hydrogen-bond acceptors (Lipinski definition) is 5. The van der Waals surface area contributed by atoms with Crippen molar-refractivity contribution in [3.05, 3.63) is 36.9 Å². The van der Waals surface area contributed by atoms with E-state index >= 15 is 0 Å². The average Bonchev–Trinajstić information content (AvgIpc) is 2.95. The molecular weight excluding hydrogens is 218 g/mol. The molecular formula is C11H11N5O. The maximum Gasteiger partial charge on any atom is 0.208 e. The number of hydrogen-bond donors (Lipinski definition) is 1. The maximum absolute atomic E-state index is 5.62. The predicted molar refractivity (Wildman–Crippen MR) is 61.2 cm³/mol. The summed E-state index contributed by atoms with van der Waals surface area (Å²) < 4.78 is 7.37. The lowest BCUT2D eigenvalue weighted by atomic mass is 10.2. The summed E-state index contributed by atoms with van der Waals surface area (Å²) in [5.41, 5.74) is 1.80. The third-order valence-corrected chi connectivity index (χ3v) is 2.47. The molecule has 0 aliphatic rings. The zero-order chi connectivity index (χ0) is 11.7. The highest BCUT2D eigenvalue weighted by atomic mass is 16.4. The van der Waals surface area contributed by atoms with Crippen LogP contribution in [0.1, 0.15) is 5.89 Å². The molecule has 3 heterocycles. The number of oxazole rings is 1. The van der Waals surface area contributed by atoms with Crippen molar-refractivity contribution in [1.82, 2.24) is 24.9 Å². The van der Waals surface area contributed by atoms with Gasteiger partial charge in [-0.2, -0.15) is 5.10 Å². The van der Waals surface area contributed by atoms with Crippen LogP contribution in [0.3, 0.4) is 0 Å². The second-order valence-electron chi connectivity index (χ2n) is 3.61. The van der Waals surface area contributed by atoms with E-state index in [0.717, 1.165) is 11.1 Å². The third kappa shape index (κ3) is 1.68. The largest absolute Gasteiger partial charge is 0.439 e. The standard InChI is InChI=1S/C11H11N5O/c1-12-7-11-14-6-10(17-11)8-4-15-16-3-2-13-5-9(8)16/h2-6,12H,7H2,1H3. The van der Waals surface area contributed by atoms with Gasteiger partial charge in [0.15, 0.2) is 5.76 Å². The Labute approximate surface area is 97.3 Å². The molecule has 0 saturated carbocycles. The molecule has 3 rings (SSSR count). The minimum absolute atomic E-state index is 0.609. The lowest BCUT2D eigenvalue weighted by Gasteiger charge is -1.94. The number of aromatic nitrogens is 4. The first-order valence-corrected chi connectivity index (χ1v) is 5.25. The van der Waals surface area contributed by atoms with Gasteiger partial charge in [-0.05, 0) is 7.05 Å². The molecule has 0 amide bonds. The smallest absolute Gasteiger partial charge is 0.208 e. The molecule has 0 aliphatic heterocycles. The van der Waals surface area contributed by atoms with E-state index in [9.17, 15) is 0 Å². The predicted octanol–water partition coefficient (Wildman–Crippen LogP) is 1.10. The summed E-state index contributed by atoms with van der Waals surface area (Å²) in [5.74, 6) is 1.36. The summed E-state index contributed by atoms with van der Waals surface area (Å²) in [6.45, 7) is 0.609. The van der Waals surface area contributed by atoms with E-state index in [1.54, 1.807) is 35.5 Å². The van der Waals surface area contributed by atoms with E-state index in [4.69, 9.17) is 4.42 Å². The maximum atomic E-state index is 5.62. The molecule has 6 heteroatoms. The zero-order valence-corrected chi connectivity index (χ0v) is 9.29. The molecule has 0 bridgehead atoms. The summed E-state index contributed by atoms with van der Waals surface area (Å²) >= 11 is 0. The second-order valence-corrected chi connectivity index (χ2v) is 3.61. The van der Waals surface area contributed by atoms with Crippen molar-refractivity contribution in [3.8, 4) is 11.3 Å². The van der Waals surface area contributed by atoms with Crippen LogP contribution in [0.15, 0.2) is 35.4 Å². The summed E-state index contributed by atoms with van der Waals surface area (Å²) in [5, 5.41) is 7.21. The first-order valence-electron chi connectivity index (χ1n) is 5.25. The van der Waals surface area contributed by atoms with Gasteiger partial charge in [0.2, 0.25) is 5.89 Å². The van der Waals surface area contributed by atoms with E-state index in [-0.39, 0.29) is 0 Å². The molecule has 0 aromatic carbocycles. The molecule has 3 aromatic heterocycles. The molecule has 1 N–H and O–H groups in total. The Balaban J connectivity index is 2.07. The summed E-state index contributed by atoms with van der Waals surface area (Å²) in [4.78, 5) is 8.26. The Morgan fingerprint density at radius 1 is 1.35 bits per heavy atom. The molecule has 17 heavy (non-hydrogen) atoms. The van der Waals surface area contributed by atoms with Crippen molar-refractivity contribution in [1.29, 1.82) is 0 Å².